The van der Waals surface area contributed by atoms with Gasteiger partial charge in [0.05, 0.1) is 25.1 Å². The van der Waals surface area contributed by atoms with Gasteiger partial charge in [0.1, 0.15) is 16.9 Å². The van der Waals surface area contributed by atoms with Crippen LogP contribution in [0.1, 0.15) is 71.0 Å². The molecule has 5 fully saturated rings. The van der Waals surface area contributed by atoms with Gasteiger partial charge in [-0.3, -0.25) is 29.3 Å². The molecule has 19 heteroatoms. The molecule has 2 aromatic heterocycles. The molecule has 3 radical (unpaired) electrons. The monoisotopic (exact) mass is 936 g/mol. The van der Waals surface area contributed by atoms with Crippen LogP contribution in [0, 0.1) is 10.8 Å². The zero-order chi connectivity index (χ0) is 46.0. The Morgan fingerprint density at radius 3 is 2.63 bits per heavy atom. The average molecular weight is 937 g/mol. The van der Waals surface area contributed by atoms with Gasteiger partial charge in [-0.25, -0.2) is 9.97 Å². The van der Waals surface area contributed by atoms with Crippen molar-refractivity contribution in [2.24, 2.45) is 10.8 Å². The molecule has 2 aromatic carbocycles. The SMILES string of the molecule is C[C@@H]([Si])C1OCC23CCN(c4cnc(Sc5cccc(NC(=O)CCN6CC7(CCN(c8ccc(C(=O)NCc9ccc%10c(c9)CN(C9CCC(=O)NC9=O)C%10=O)nn8)C7)C6)c5)cn4)CC2=C13. The topological polar surface area (TPSA) is 195 Å². The third-order valence-electron chi connectivity index (χ3n) is 14.5. The molecule has 17 nitrogen and oxygen atoms in total. The van der Waals surface area contributed by atoms with E-state index in [1.54, 1.807) is 18.2 Å². The lowest BCUT2D eigenvalue weighted by molar-refractivity contribution is -0.137. The number of hydrogen-bond donors (Lipinski definition) is 3. The molecular formula is C48H50N11O6SSi. The fourth-order valence-electron chi connectivity index (χ4n) is 11.0. The second-order valence-electron chi connectivity index (χ2n) is 19.0. The summed E-state index contributed by atoms with van der Waals surface area (Å²) in [5.41, 5.74) is 6.70. The maximum absolute atomic E-state index is 13.1. The van der Waals surface area contributed by atoms with Crippen molar-refractivity contribution in [1.29, 1.82) is 0 Å². The first kappa shape index (κ1) is 43.5. The van der Waals surface area contributed by atoms with Gasteiger partial charge >= 0.3 is 0 Å². The van der Waals surface area contributed by atoms with Gasteiger partial charge in [0.2, 0.25) is 17.7 Å². The first-order valence-electron chi connectivity index (χ1n) is 23.0. The Hall–Kier alpha value is -6.02. The summed E-state index contributed by atoms with van der Waals surface area (Å²) >= 11 is 1.52. The summed E-state index contributed by atoms with van der Waals surface area (Å²) in [6.45, 7) is 9.44. The van der Waals surface area contributed by atoms with Gasteiger partial charge in [0.15, 0.2) is 11.5 Å². The molecule has 5 saturated heterocycles. The van der Waals surface area contributed by atoms with Crippen LogP contribution in [-0.4, -0.2) is 134 Å². The number of piperidine rings is 2. The van der Waals surface area contributed by atoms with Gasteiger partial charge in [0, 0.05) is 109 Å². The number of rotatable bonds is 13. The predicted molar refractivity (Wildman–Crippen MR) is 248 cm³/mol. The molecule has 3 unspecified atom stereocenters. The molecule has 8 heterocycles. The number of carbonyl (C=O) groups excluding carboxylic acids is 5. The van der Waals surface area contributed by atoms with Crippen molar-refractivity contribution in [3.63, 3.8) is 0 Å². The van der Waals surface area contributed by atoms with E-state index in [-0.39, 0.29) is 65.8 Å². The first-order chi connectivity index (χ1) is 32.4. The third kappa shape index (κ3) is 8.39. The number of imide groups is 1. The number of aromatic nitrogens is 4. The molecule has 11 rings (SSSR count). The van der Waals surface area contributed by atoms with E-state index >= 15 is 0 Å². The number of amides is 5. The second-order valence-corrected chi connectivity index (χ2v) is 21.0. The zero-order valence-corrected chi connectivity index (χ0v) is 38.9. The Kier molecular flexibility index (Phi) is 11.2. The van der Waals surface area contributed by atoms with Gasteiger partial charge < -0.3 is 35.0 Å². The normalized spacial score (nSPS) is 24.3. The smallest absolute Gasteiger partial charge is 0.272 e. The molecule has 3 N–H and O–H groups in total. The molecule has 7 aliphatic rings. The molecule has 0 bridgehead atoms. The molecule has 6 aliphatic heterocycles. The van der Waals surface area contributed by atoms with Gasteiger partial charge in [-0.15, -0.1) is 10.2 Å². The van der Waals surface area contributed by atoms with Crippen molar-refractivity contribution < 1.29 is 28.7 Å². The van der Waals surface area contributed by atoms with E-state index in [1.807, 2.05) is 48.8 Å². The van der Waals surface area contributed by atoms with Gasteiger partial charge in [-0.05, 0) is 83.5 Å². The van der Waals surface area contributed by atoms with Crippen molar-refractivity contribution in [3.05, 3.63) is 101 Å². The lowest BCUT2D eigenvalue weighted by atomic mass is 9.79. The fraction of sp³-hybridized carbons (Fsp3) is 0.438. The summed E-state index contributed by atoms with van der Waals surface area (Å²) in [6, 6.07) is 16.0. The zero-order valence-electron chi connectivity index (χ0n) is 37.1. The standard InChI is InChI=1S/C48H50N11O6SSi/c1-28(67)43-42-34-23-57(16-13-48(34,42)27-65-43)38-20-50-41(21-49-38)66-32-4-2-3-31(18-32)52-40(61)11-14-56-24-47(25-56)12-15-58(26-47)37-9-7-35(54-55-37)44(62)51-19-29-5-6-33-30(17-29)22-59(46(33)64)36-8-10-39(60)53-45(36)63/h2-7,9,17-18,20-21,28,36,43H,8,10-16,19,22-27H2,1H3,(H,51,62)(H,52,61)(H,53,60,63)/t28-,36?,43?,48?/m1/s1. The highest BCUT2D eigenvalue weighted by Crippen LogP contribution is 2.65. The Morgan fingerprint density at radius 2 is 1.84 bits per heavy atom. The summed E-state index contributed by atoms with van der Waals surface area (Å²) < 4.78 is 6.07. The predicted octanol–water partition coefficient (Wildman–Crippen LogP) is 3.53. The average Bonchev–Trinajstić information content (AvgIpc) is 3.62. The van der Waals surface area contributed by atoms with Crippen LogP contribution < -0.4 is 25.8 Å². The molecule has 4 atom stereocenters. The number of nitrogens with one attached hydrogen (secondary N) is 3. The number of likely N-dealkylation sites (tertiary alicyclic amines) is 1. The fourth-order valence-corrected chi connectivity index (χ4v) is 12.0. The van der Waals surface area contributed by atoms with Crippen LogP contribution in [0.15, 0.2) is 88.1 Å². The molecule has 343 valence electrons. The molecule has 4 aromatic rings. The summed E-state index contributed by atoms with van der Waals surface area (Å²) in [5.74, 6) is 0.213. The van der Waals surface area contributed by atoms with E-state index in [1.165, 1.54) is 27.8 Å². The van der Waals surface area contributed by atoms with E-state index in [4.69, 9.17) is 14.7 Å². The quantitative estimate of drug-likeness (QED) is 0.100. The van der Waals surface area contributed by atoms with Crippen LogP contribution in [0.3, 0.4) is 0 Å². The number of ether oxygens (including phenoxy) is 1. The van der Waals surface area contributed by atoms with Crippen molar-refractivity contribution in [3.8, 4) is 0 Å². The Labute approximate surface area is 395 Å². The third-order valence-corrected chi connectivity index (χ3v) is 15.7. The highest BCUT2D eigenvalue weighted by Gasteiger charge is 2.62. The minimum absolute atomic E-state index is 0.0238. The highest BCUT2D eigenvalue weighted by atomic mass is 32.2. The van der Waals surface area contributed by atoms with Crippen LogP contribution >= 0.6 is 11.8 Å². The van der Waals surface area contributed by atoms with E-state index in [0.29, 0.717) is 30.5 Å². The van der Waals surface area contributed by atoms with Gasteiger partial charge in [0.25, 0.3) is 11.8 Å². The van der Waals surface area contributed by atoms with Crippen molar-refractivity contribution in [1.82, 2.24) is 40.6 Å². The van der Waals surface area contributed by atoms with Crippen molar-refractivity contribution in [2.75, 3.05) is 67.5 Å². The summed E-state index contributed by atoms with van der Waals surface area (Å²) in [4.78, 5) is 82.0. The lowest BCUT2D eigenvalue weighted by Crippen LogP contribution is -2.57. The van der Waals surface area contributed by atoms with E-state index in [9.17, 15) is 24.0 Å². The Bertz CT molecular complexity index is 2710. The van der Waals surface area contributed by atoms with E-state index in [2.05, 4.69) is 58.0 Å². The minimum atomic E-state index is -0.681. The number of hydrogen-bond acceptors (Lipinski definition) is 14. The Balaban J connectivity index is 0.601. The van der Waals surface area contributed by atoms with Crippen LogP contribution in [0.5, 0.6) is 0 Å². The number of nitrogens with zero attached hydrogens (tertiary/aromatic N) is 8. The molecular weight excluding hydrogens is 887 g/mol. The Morgan fingerprint density at radius 1 is 0.970 bits per heavy atom. The number of anilines is 3. The van der Waals surface area contributed by atoms with E-state index < -0.39 is 11.9 Å². The molecule has 0 saturated carbocycles. The highest BCUT2D eigenvalue weighted by molar-refractivity contribution is 7.99. The summed E-state index contributed by atoms with van der Waals surface area (Å²) in [5, 5.41) is 17.7. The molecule has 1 aliphatic carbocycles. The second kappa shape index (κ2) is 17.2. The summed E-state index contributed by atoms with van der Waals surface area (Å²) in [7, 11) is 3.78. The molecule has 67 heavy (non-hydrogen) atoms. The number of benzene rings is 2. The largest absolute Gasteiger partial charge is 0.373 e. The van der Waals surface area contributed by atoms with Crippen LogP contribution in [-0.2, 0) is 32.2 Å². The maximum atomic E-state index is 13.1. The summed E-state index contributed by atoms with van der Waals surface area (Å²) in [6.07, 6.45) is 6.84. The van der Waals surface area contributed by atoms with Crippen LogP contribution in [0.4, 0.5) is 17.3 Å². The van der Waals surface area contributed by atoms with Crippen molar-refractivity contribution >= 4 is 68.9 Å². The minimum Gasteiger partial charge on any atom is -0.373 e. The maximum Gasteiger partial charge on any atom is 0.272 e. The number of carbonyl (C=O) groups is 5. The van der Waals surface area contributed by atoms with Crippen LogP contribution in [0.25, 0.3) is 0 Å². The molecule has 5 amide bonds. The first-order valence-corrected chi connectivity index (χ1v) is 24.4. The molecule has 2 spiro atoms. The van der Waals surface area contributed by atoms with Crippen LogP contribution in [0.2, 0.25) is 5.54 Å². The number of fused-ring (bicyclic) bond motifs is 1. The van der Waals surface area contributed by atoms with E-state index in [0.717, 1.165) is 97.1 Å². The van der Waals surface area contributed by atoms with Gasteiger partial charge in [-0.2, -0.15) is 0 Å². The van der Waals surface area contributed by atoms with Gasteiger partial charge in [-0.1, -0.05) is 36.9 Å². The van der Waals surface area contributed by atoms with Crippen molar-refractivity contribution in [2.45, 2.75) is 79.7 Å². The lowest BCUT2D eigenvalue weighted by Gasteiger charge is -2.48.